The van der Waals surface area contributed by atoms with Crippen LogP contribution in [0.25, 0.3) is 22.3 Å². The summed E-state index contributed by atoms with van der Waals surface area (Å²) in [5.41, 5.74) is 4.34. The summed E-state index contributed by atoms with van der Waals surface area (Å²) in [5, 5.41) is 13.9. The number of rotatable bonds is 4. The van der Waals surface area contributed by atoms with Crippen molar-refractivity contribution < 1.29 is 4.79 Å². The summed E-state index contributed by atoms with van der Waals surface area (Å²) < 4.78 is 0. The lowest BCUT2D eigenvalue weighted by Gasteiger charge is -2.14. The lowest BCUT2D eigenvalue weighted by molar-refractivity contribution is 0.249. The maximum Gasteiger partial charge on any atom is 0.320 e. The van der Waals surface area contributed by atoms with Gasteiger partial charge < -0.3 is 5.32 Å². The summed E-state index contributed by atoms with van der Waals surface area (Å²) >= 11 is 0. The van der Waals surface area contributed by atoms with Gasteiger partial charge >= 0.3 is 6.03 Å². The zero-order valence-electron chi connectivity index (χ0n) is 15.6. The van der Waals surface area contributed by atoms with Gasteiger partial charge in [-0.25, -0.2) is 9.78 Å². The third kappa shape index (κ3) is 3.68. The van der Waals surface area contributed by atoms with E-state index in [-0.39, 0.29) is 12.1 Å². The second-order valence-corrected chi connectivity index (χ2v) is 6.58. The van der Waals surface area contributed by atoms with Crippen LogP contribution in [0.5, 0.6) is 0 Å². The molecule has 28 heavy (non-hydrogen) atoms. The van der Waals surface area contributed by atoms with Gasteiger partial charge in [-0.05, 0) is 43.7 Å². The van der Waals surface area contributed by atoms with E-state index in [1.807, 2.05) is 62.4 Å². The van der Waals surface area contributed by atoms with E-state index in [1.54, 1.807) is 12.3 Å². The second-order valence-electron chi connectivity index (χ2n) is 6.58. The molecule has 0 fully saturated rings. The number of pyridine rings is 2. The van der Waals surface area contributed by atoms with Gasteiger partial charge in [0, 0.05) is 22.8 Å². The Hall–Kier alpha value is -3.74. The molecular formula is C21H20N6O. The van der Waals surface area contributed by atoms with Gasteiger partial charge in [0.05, 0.1) is 6.04 Å². The average Bonchev–Trinajstić information content (AvgIpc) is 3.12. The molecule has 0 aliphatic carbocycles. The maximum absolute atomic E-state index is 12.3. The summed E-state index contributed by atoms with van der Waals surface area (Å²) in [4.78, 5) is 21.0. The molecule has 0 saturated carbocycles. The van der Waals surface area contributed by atoms with Crippen LogP contribution in [0.15, 0.2) is 60.8 Å². The molecule has 1 unspecified atom stereocenters. The van der Waals surface area contributed by atoms with Crippen molar-refractivity contribution in [2.75, 3.05) is 5.32 Å². The number of nitrogens with zero attached hydrogens (tertiary/aromatic N) is 3. The lowest BCUT2D eigenvalue weighted by Crippen LogP contribution is -2.31. The van der Waals surface area contributed by atoms with Crippen molar-refractivity contribution in [1.29, 1.82) is 0 Å². The molecule has 4 aromatic rings. The SMILES string of the molecule is Cc1cc(-c2n[nH]c3nc(NC(=O)NC(C)c4ccccc4)ccc23)ccn1. The molecule has 0 aliphatic heterocycles. The highest BCUT2D eigenvalue weighted by atomic mass is 16.2. The largest absolute Gasteiger partial charge is 0.331 e. The molecule has 4 rings (SSSR count). The Kier molecular flexibility index (Phi) is 4.72. The Balaban J connectivity index is 1.50. The molecule has 1 aromatic carbocycles. The number of H-pyrrole nitrogens is 1. The molecule has 3 N–H and O–H groups in total. The minimum atomic E-state index is -0.312. The Morgan fingerprint density at radius 3 is 2.71 bits per heavy atom. The molecule has 3 heterocycles. The van der Waals surface area contributed by atoms with Crippen LogP contribution in [0.3, 0.4) is 0 Å². The van der Waals surface area contributed by atoms with Gasteiger partial charge in [0.25, 0.3) is 0 Å². The van der Waals surface area contributed by atoms with E-state index >= 15 is 0 Å². The maximum atomic E-state index is 12.3. The van der Waals surface area contributed by atoms with Crippen LogP contribution >= 0.6 is 0 Å². The van der Waals surface area contributed by atoms with Gasteiger partial charge in [0.1, 0.15) is 11.5 Å². The number of benzene rings is 1. The van der Waals surface area contributed by atoms with Gasteiger partial charge in [0.15, 0.2) is 5.65 Å². The second kappa shape index (κ2) is 7.48. The standard InChI is InChI=1S/C21H20N6O/c1-13-12-16(10-11-22-13)19-17-8-9-18(24-20(17)27-26-19)25-21(28)23-14(2)15-6-4-3-5-7-15/h3-12,14H,1-2H3,(H3,23,24,25,26,27,28). The highest BCUT2D eigenvalue weighted by Crippen LogP contribution is 2.26. The molecule has 0 spiro atoms. The first-order valence-corrected chi connectivity index (χ1v) is 9.01. The van der Waals surface area contributed by atoms with Gasteiger partial charge in [-0.2, -0.15) is 5.10 Å². The first-order chi connectivity index (χ1) is 13.6. The van der Waals surface area contributed by atoms with Crippen molar-refractivity contribution in [3.8, 4) is 11.3 Å². The molecule has 3 aromatic heterocycles. The molecule has 140 valence electrons. The zero-order valence-corrected chi connectivity index (χ0v) is 15.6. The predicted molar refractivity (Wildman–Crippen MR) is 109 cm³/mol. The molecule has 7 nitrogen and oxygen atoms in total. The van der Waals surface area contributed by atoms with Crippen molar-refractivity contribution >= 4 is 22.9 Å². The van der Waals surface area contributed by atoms with E-state index in [0.29, 0.717) is 11.5 Å². The summed E-state index contributed by atoms with van der Waals surface area (Å²) in [6.45, 7) is 3.87. The van der Waals surface area contributed by atoms with Gasteiger partial charge in [-0.15, -0.1) is 0 Å². The minimum absolute atomic E-state index is 0.112. The van der Waals surface area contributed by atoms with Crippen LogP contribution in [0, 0.1) is 6.92 Å². The number of carbonyl (C=O) groups is 1. The minimum Gasteiger partial charge on any atom is -0.331 e. The topological polar surface area (TPSA) is 95.6 Å². The van der Waals surface area contributed by atoms with Crippen LogP contribution < -0.4 is 10.6 Å². The number of hydrogen-bond donors (Lipinski definition) is 3. The van der Waals surface area contributed by atoms with Crippen LogP contribution in [-0.2, 0) is 0 Å². The summed E-state index contributed by atoms with van der Waals surface area (Å²) in [6, 6.07) is 16.9. The molecule has 0 radical (unpaired) electrons. The molecule has 7 heteroatoms. The Bertz CT molecular complexity index is 1120. The number of aromatic amines is 1. The van der Waals surface area contributed by atoms with E-state index in [1.165, 1.54) is 0 Å². The van der Waals surface area contributed by atoms with E-state index in [4.69, 9.17) is 0 Å². The monoisotopic (exact) mass is 372 g/mol. The molecule has 2 amide bonds. The molecule has 1 atom stereocenters. The van der Waals surface area contributed by atoms with E-state index in [2.05, 4.69) is 30.8 Å². The number of amides is 2. The van der Waals surface area contributed by atoms with E-state index in [9.17, 15) is 4.79 Å². The molecular weight excluding hydrogens is 352 g/mol. The third-order valence-electron chi connectivity index (χ3n) is 4.48. The predicted octanol–water partition coefficient (Wildman–Crippen LogP) is 4.21. The normalized spacial score (nSPS) is 11.9. The lowest BCUT2D eigenvalue weighted by atomic mass is 10.1. The van der Waals surface area contributed by atoms with Crippen molar-refractivity contribution in [3.05, 3.63) is 72.1 Å². The summed E-state index contributed by atoms with van der Waals surface area (Å²) in [7, 11) is 0. The van der Waals surface area contributed by atoms with Crippen LogP contribution in [-0.4, -0.2) is 26.2 Å². The number of hydrogen-bond acceptors (Lipinski definition) is 4. The number of urea groups is 1. The first-order valence-electron chi connectivity index (χ1n) is 9.01. The molecule has 0 aliphatic rings. The number of aryl methyl sites for hydroxylation is 1. The quantitative estimate of drug-likeness (QED) is 0.500. The highest BCUT2D eigenvalue weighted by Gasteiger charge is 2.13. The Labute approximate surface area is 162 Å². The van der Waals surface area contributed by atoms with Crippen LogP contribution in [0.1, 0.15) is 24.2 Å². The third-order valence-corrected chi connectivity index (χ3v) is 4.48. The fourth-order valence-corrected chi connectivity index (χ4v) is 3.06. The summed E-state index contributed by atoms with van der Waals surface area (Å²) in [6.07, 6.45) is 1.76. The van der Waals surface area contributed by atoms with Crippen molar-refractivity contribution in [1.82, 2.24) is 25.5 Å². The Morgan fingerprint density at radius 1 is 1.11 bits per heavy atom. The molecule has 0 saturated heterocycles. The van der Waals surface area contributed by atoms with Crippen molar-refractivity contribution in [2.24, 2.45) is 0 Å². The zero-order chi connectivity index (χ0) is 19.5. The number of nitrogens with one attached hydrogen (secondary N) is 3. The fourth-order valence-electron chi connectivity index (χ4n) is 3.06. The van der Waals surface area contributed by atoms with E-state index < -0.39 is 0 Å². The average molecular weight is 372 g/mol. The summed E-state index contributed by atoms with van der Waals surface area (Å²) in [5.74, 6) is 0.450. The van der Waals surface area contributed by atoms with Crippen LogP contribution in [0.4, 0.5) is 10.6 Å². The van der Waals surface area contributed by atoms with E-state index in [0.717, 1.165) is 27.9 Å². The number of carbonyl (C=O) groups excluding carboxylic acids is 1. The van der Waals surface area contributed by atoms with Gasteiger partial charge in [-0.3, -0.25) is 15.4 Å². The van der Waals surface area contributed by atoms with Gasteiger partial charge in [-0.1, -0.05) is 30.3 Å². The van der Waals surface area contributed by atoms with Crippen LogP contribution in [0.2, 0.25) is 0 Å². The molecule has 0 bridgehead atoms. The number of fused-ring (bicyclic) bond motifs is 1. The fraction of sp³-hybridized carbons (Fsp3) is 0.143. The van der Waals surface area contributed by atoms with Crippen molar-refractivity contribution in [3.63, 3.8) is 0 Å². The number of anilines is 1. The van der Waals surface area contributed by atoms with Crippen molar-refractivity contribution in [2.45, 2.75) is 19.9 Å². The number of aromatic nitrogens is 4. The smallest absolute Gasteiger partial charge is 0.320 e. The van der Waals surface area contributed by atoms with Gasteiger partial charge in [0.2, 0.25) is 0 Å². The highest BCUT2D eigenvalue weighted by molar-refractivity contribution is 5.94. The Morgan fingerprint density at radius 2 is 1.93 bits per heavy atom. The first kappa shape index (κ1) is 17.7.